The maximum absolute atomic E-state index is 12.6. The minimum absolute atomic E-state index is 0.0655. The fourth-order valence-electron chi connectivity index (χ4n) is 3.77. The third kappa shape index (κ3) is 6.21. The summed E-state index contributed by atoms with van der Waals surface area (Å²) >= 11 is 12.0. The van der Waals surface area contributed by atoms with Gasteiger partial charge in [0.25, 0.3) is 0 Å². The van der Waals surface area contributed by atoms with Crippen LogP contribution in [-0.4, -0.2) is 24.6 Å². The Morgan fingerprint density at radius 2 is 1.91 bits per heavy atom. The normalized spacial score (nSPS) is 15.6. The highest BCUT2D eigenvalue weighted by Crippen LogP contribution is 2.27. The van der Waals surface area contributed by atoms with Gasteiger partial charge in [-0.15, -0.1) is 0 Å². The van der Waals surface area contributed by atoms with Crippen molar-refractivity contribution in [3.63, 3.8) is 0 Å². The number of rotatable bonds is 7. The topological polar surface area (TPSA) is 71.0 Å². The minimum atomic E-state index is -0.456. The quantitative estimate of drug-likeness (QED) is 0.328. The number of carbonyl (C=O) groups is 2. The Kier molecular flexibility index (Phi) is 7.73. The summed E-state index contributed by atoms with van der Waals surface area (Å²) in [5.74, 6) is -0.156. The summed E-state index contributed by atoms with van der Waals surface area (Å²) in [7, 11) is 0. The predicted octanol–water partition coefficient (Wildman–Crippen LogP) is 5.69. The van der Waals surface area contributed by atoms with Gasteiger partial charge in [0.1, 0.15) is 12.4 Å². The number of anilines is 1. The number of aryl methyl sites for hydroxylation is 2. The zero-order valence-electron chi connectivity index (χ0n) is 19.4. The van der Waals surface area contributed by atoms with Crippen molar-refractivity contribution in [2.24, 2.45) is 11.0 Å². The number of hydrazone groups is 1. The molecule has 8 heteroatoms. The van der Waals surface area contributed by atoms with Gasteiger partial charge in [-0.1, -0.05) is 47.5 Å². The predicted molar refractivity (Wildman–Crippen MR) is 139 cm³/mol. The van der Waals surface area contributed by atoms with Gasteiger partial charge in [-0.05, 0) is 72.5 Å². The van der Waals surface area contributed by atoms with E-state index in [2.05, 4.69) is 10.5 Å². The van der Waals surface area contributed by atoms with E-state index < -0.39 is 5.92 Å². The van der Waals surface area contributed by atoms with E-state index in [1.165, 1.54) is 0 Å². The van der Waals surface area contributed by atoms with Crippen molar-refractivity contribution in [1.82, 2.24) is 5.43 Å². The lowest BCUT2D eigenvalue weighted by Gasteiger charge is -2.17. The van der Waals surface area contributed by atoms with Crippen LogP contribution in [0.5, 0.6) is 5.75 Å². The van der Waals surface area contributed by atoms with Crippen molar-refractivity contribution in [2.75, 3.05) is 11.4 Å². The third-order valence-electron chi connectivity index (χ3n) is 5.93. The number of hydrogen-bond donors (Lipinski definition) is 1. The van der Waals surface area contributed by atoms with Crippen LogP contribution in [-0.2, 0) is 16.2 Å². The molecule has 1 fully saturated rings. The zero-order chi connectivity index (χ0) is 24.9. The molecule has 4 rings (SSSR count). The molecule has 2 amide bonds. The number of benzene rings is 3. The molecule has 3 aromatic rings. The van der Waals surface area contributed by atoms with Crippen LogP contribution in [0, 0.1) is 19.8 Å². The molecule has 1 atom stereocenters. The third-order valence-corrected chi connectivity index (χ3v) is 6.67. The SMILES string of the molecule is Cc1ccc(N2C[C@H](C(=O)N/N=C\c3cccc(OCc4ccc(Cl)c(Cl)c4)c3)CC2=O)cc1C. The van der Waals surface area contributed by atoms with Crippen molar-refractivity contribution in [3.05, 3.63) is 93.0 Å². The lowest BCUT2D eigenvalue weighted by Crippen LogP contribution is -2.30. The summed E-state index contributed by atoms with van der Waals surface area (Å²) in [5.41, 5.74) is 7.30. The monoisotopic (exact) mass is 509 g/mol. The number of halogens is 2. The van der Waals surface area contributed by atoms with Crippen LogP contribution in [0.4, 0.5) is 5.69 Å². The highest BCUT2D eigenvalue weighted by molar-refractivity contribution is 6.42. The molecule has 1 N–H and O–H groups in total. The largest absolute Gasteiger partial charge is 0.489 e. The van der Waals surface area contributed by atoms with Crippen LogP contribution in [0.2, 0.25) is 10.0 Å². The van der Waals surface area contributed by atoms with Crippen LogP contribution in [0.15, 0.2) is 65.8 Å². The van der Waals surface area contributed by atoms with E-state index in [0.717, 1.165) is 27.9 Å². The van der Waals surface area contributed by atoms with Crippen molar-refractivity contribution in [2.45, 2.75) is 26.9 Å². The number of amides is 2. The van der Waals surface area contributed by atoms with Crippen molar-refractivity contribution in [3.8, 4) is 5.75 Å². The first kappa shape index (κ1) is 24.8. The molecule has 0 aliphatic carbocycles. The summed E-state index contributed by atoms with van der Waals surface area (Å²) in [5, 5.41) is 5.05. The average Bonchev–Trinajstić information content (AvgIpc) is 3.23. The van der Waals surface area contributed by atoms with E-state index in [9.17, 15) is 9.59 Å². The first-order valence-corrected chi connectivity index (χ1v) is 11.9. The molecule has 0 aromatic heterocycles. The van der Waals surface area contributed by atoms with Gasteiger partial charge in [0.05, 0.1) is 22.2 Å². The van der Waals surface area contributed by atoms with Gasteiger partial charge >= 0.3 is 0 Å². The van der Waals surface area contributed by atoms with Crippen molar-refractivity contribution >= 4 is 46.9 Å². The Balaban J connectivity index is 1.31. The molecule has 0 spiro atoms. The number of ether oxygens (including phenoxy) is 1. The second-order valence-electron chi connectivity index (χ2n) is 8.52. The van der Waals surface area contributed by atoms with Crippen molar-refractivity contribution in [1.29, 1.82) is 0 Å². The van der Waals surface area contributed by atoms with Gasteiger partial charge in [0.15, 0.2) is 0 Å². The molecular weight excluding hydrogens is 485 g/mol. The summed E-state index contributed by atoms with van der Waals surface area (Å²) in [4.78, 5) is 26.8. The number of hydrogen-bond acceptors (Lipinski definition) is 4. The van der Waals surface area contributed by atoms with Gasteiger partial charge in [0.2, 0.25) is 11.8 Å². The first-order chi connectivity index (χ1) is 16.8. The Morgan fingerprint density at radius 3 is 2.69 bits per heavy atom. The molecule has 0 saturated carbocycles. The Labute approximate surface area is 214 Å². The van der Waals surface area contributed by atoms with E-state index in [1.807, 2.05) is 62.4 Å². The maximum Gasteiger partial charge on any atom is 0.245 e. The molecule has 1 aliphatic rings. The molecule has 1 heterocycles. The van der Waals surface area contributed by atoms with Gasteiger partial charge < -0.3 is 9.64 Å². The molecular formula is C27H25Cl2N3O3. The fraction of sp³-hybridized carbons (Fsp3) is 0.222. The number of nitrogens with one attached hydrogen (secondary N) is 1. The van der Waals surface area contributed by atoms with E-state index in [-0.39, 0.29) is 18.2 Å². The first-order valence-electron chi connectivity index (χ1n) is 11.2. The Bertz CT molecular complexity index is 1290. The van der Waals surface area contributed by atoms with E-state index in [0.29, 0.717) is 28.9 Å². The number of nitrogens with zero attached hydrogens (tertiary/aromatic N) is 2. The highest BCUT2D eigenvalue weighted by atomic mass is 35.5. The fourth-order valence-corrected chi connectivity index (χ4v) is 4.09. The Morgan fingerprint density at radius 1 is 1.09 bits per heavy atom. The van der Waals surface area contributed by atoms with Gasteiger partial charge in [-0.25, -0.2) is 5.43 Å². The van der Waals surface area contributed by atoms with Crippen LogP contribution >= 0.6 is 23.2 Å². The van der Waals surface area contributed by atoms with E-state index in [4.69, 9.17) is 27.9 Å². The molecule has 6 nitrogen and oxygen atoms in total. The van der Waals surface area contributed by atoms with Crippen LogP contribution in [0.25, 0.3) is 0 Å². The second-order valence-corrected chi connectivity index (χ2v) is 9.33. The molecule has 0 radical (unpaired) electrons. The maximum atomic E-state index is 12.6. The second kappa shape index (κ2) is 10.9. The molecule has 180 valence electrons. The molecule has 1 aliphatic heterocycles. The lowest BCUT2D eigenvalue weighted by atomic mass is 10.1. The van der Waals surface area contributed by atoms with E-state index in [1.54, 1.807) is 23.2 Å². The van der Waals surface area contributed by atoms with Crippen LogP contribution in [0.3, 0.4) is 0 Å². The van der Waals surface area contributed by atoms with Crippen LogP contribution < -0.4 is 15.1 Å². The van der Waals surface area contributed by atoms with Crippen molar-refractivity contribution < 1.29 is 14.3 Å². The summed E-state index contributed by atoms with van der Waals surface area (Å²) in [6.07, 6.45) is 1.70. The smallest absolute Gasteiger partial charge is 0.245 e. The molecule has 1 saturated heterocycles. The number of carbonyl (C=O) groups excluding carboxylic acids is 2. The standard InChI is InChI=1S/C27H25Cl2N3O3/c1-17-6-8-22(10-18(17)2)32-15-21(13-26(32)33)27(34)31-30-14-19-4-3-5-23(11-19)35-16-20-7-9-24(28)25(29)12-20/h3-12,14,21H,13,15-16H2,1-2H3,(H,31,34)/b30-14-/t21-/m1/s1. The summed E-state index contributed by atoms with van der Waals surface area (Å²) in [6, 6.07) is 18.5. The average molecular weight is 510 g/mol. The van der Waals surface area contributed by atoms with E-state index >= 15 is 0 Å². The molecule has 3 aromatic carbocycles. The summed E-state index contributed by atoms with van der Waals surface area (Å²) in [6.45, 7) is 4.70. The molecule has 0 unspecified atom stereocenters. The van der Waals surface area contributed by atoms with Gasteiger partial charge in [-0.3, -0.25) is 9.59 Å². The molecule has 35 heavy (non-hydrogen) atoms. The zero-order valence-corrected chi connectivity index (χ0v) is 20.9. The van der Waals surface area contributed by atoms with Gasteiger partial charge in [-0.2, -0.15) is 5.10 Å². The summed E-state index contributed by atoms with van der Waals surface area (Å²) < 4.78 is 5.82. The minimum Gasteiger partial charge on any atom is -0.489 e. The Hall–Kier alpha value is -3.35. The lowest BCUT2D eigenvalue weighted by molar-refractivity contribution is -0.126. The highest BCUT2D eigenvalue weighted by Gasteiger charge is 2.35. The van der Waals surface area contributed by atoms with Crippen LogP contribution in [0.1, 0.15) is 28.7 Å². The van der Waals surface area contributed by atoms with Gasteiger partial charge in [0, 0.05) is 18.7 Å². The molecule has 0 bridgehead atoms.